The molecule has 5 nitrogen and oxygen atoms in total. The Morgan fingerprint density at radius 1 is 1.27 bits per heavy atom. The van der Waals surface area contributed by atoms with Crippen molar-refractivity contribution in [2.45, 2.75) is 25.2 Å². The van der Waals surface area contributed by atoms with Gasteiger partial charge in [-0.3, -0.25) is 0 Å². The highest BCUT2D eigenvalue weighted by molar-refractivity contribution is 5.74. The molecule has 0 amide bonds. The molecular formula is C17H22N4O. The molecule has 1 fully saturated rings. The Morgan fingerprint density at radius 2 is 2.05 bits per heavy atom. The minimum Gasteiger partial charge on any atom is -0.497 e. The maximum absolute atomic E-state index is 5.59. The van der Waals surface area contributed by atoms with Gasteiger partial charge in [0.1, 0.15) is 11.6 Å². The topological polar surface area (TPSA) is 73.1 Å². The molecule has 0 unspecified atom stereocenters. The molecule has 116 valence electrons. The molecular weight excluding hydrogens is 276 g/mol. The fourth-order valence-corrected chi connectivity index (χ4v) is 2.56. The van der Waals surface area contributed by atoms with Crippen molar-refractivity contribution in [3.05, 3.63) is 36.3 Å². The first-order valence-corrected chi connectivity index (χ1v) is 7.77. The number of nitrogens with zero attached hydrogens (tertiary/aromatic N) is 2. The van der Waals surface area contributed by atoms with E-state index in [0.29, 0.717) is 19.0 Å². The Labute approximate surface area is 130 Å². The van der Waals surface area contributed by atoms with Crippen LogP contribution in [0, 0.1) is 0 Å². The Hall–Kier alpha value is -2.14. The van der Waals surface area contributed by atoms with E-state index in [4.69, 9.17) is 15.5 Å². The van der Waals surface area contributed by atoms with Crippen LogP contribution >= 0.6 is 0 Å². The third kappa shape index (κ3) is 3.04. The van der Waals surface area contributed by atoms with Crippen LogP contribution in [-0.2, 0) is 0 Å². The van der Waals surface area contributed by atoms with E-state index in [9.17, 15) is 0 Å². The van der Waals surface area contributed by atoms with Gasteiger partial charge in [0.05, 0.1) is 24.7 Å². The second-order valence-electron chi connectivity index (χ2n) is 5.56. The molecule has 1 aliphatic rings. The van der Waals surface area contributed by atoms with Crippen LogP contribution in [0.3, 0.4) is 0 Å². The van der Waals surface area contributed by atoms with Crippen LogP contribution in [0.2, 0.25) is 0 Å². The molecule has 1 aromatic carbocycles. The highest BCUT2D eigenvalue weighted by Gasteiger charge is 2.23. The lowest BCUT2D eigenvalue weighted by Gasteiger charge is -2.24. The number of nitrogens with one attached hydrogen (secondary N) is 1. The number of ether oxygens (including phenoxy) is 1. The normalized spacial score (nSPS) is 14.5. The number of aromatic nitrogens is 2. The fraction of sp³-hybridized carbons (Fsp3) is 0.412. The lowest BCUT2D eigenvalue weighted by atomic mass is 9.85. The molecule has 0 radical (unpaired) electrons. The summed E-state index contributed by atoms with van der Waals surface area (Å²) < 4.78 is 5.22. The van der Waals surface area contributed by atoms with Gasteiger partial charge in [0.15, 0.2) is 0 Å². The molecule has 5 heteroatoms. The van der Waals surface area contributed by atoms with Crippen molar-refractivity contribution in [1.29, 1.82) is 0 Å². The van der Waals surface area contributed by atoms with Gasteiger partial charge in [-0.15, -0.1) is 0 Å². The largest absolute Gasteiger partial charge is 0.497 e. The van der Waals surface area contributed by atoms with E-state index in [0.717, 1.165) is 28.5 Å². The predicted octanol–water partition coefficient (Wildman–Crippen LogP) is 2.79. The third-order valence-electron chi connectivity index (χ3n) is 4.10. The van der Waals surface area contributed by atoms with E-state index in [1.54, 1.807) is 7.11 Å². The number of nitrogens with two attached hydrogens (primary N) is 1. The van der Waals surface area contributed by atoms with Gasteiger partial charge < -0.3 is 15.8 Å². The lowest BCUT2D eigenvalue weighted by molar-refractivity contribution is 0.401. The summed E-state index contributed by atoms with van der Waals surface area (Å²) in [6, 6.07) is 7.96. The molecule has 2 aromatic rings. The molecule has 1 aliphatic carbocycles. The van der Waals surface area contributed by atoms with E-state index < -0.39 is 0 Å². The summed E-state index contributed by atoms with van der Waals surface area (Å²) in [6.45, 7) is 1.28. The maximum Gasteiger partial charge on any atom is 0.132 e. The summed E-state index contributed by atoms with van der Waals surface area (Å²) in [5, 5.41) is 3.31. The molecule has 1 aromatic heterocycles. The van der Waals surface area contributed by atoms with Crippen molar-refractivity contribution < 1.29 is 4.74 Å². The smallest absolute Gasteiger partial charge is 0.132 e. The quantitative estimate of drug-likeness (QED) is 0.858. The maximum atomic E-state index is 5.59. The van der Waals surface area contributed by atoms with Gasteiger partial charge in [0, 0.05) is 24.6 Å². The molecule has 0 saturated heterocycles. The van der Waals surface area contributed by atoms with Crippen molar-refractivity contribution in [3.63, 3.8) is 0 Å². The minimum absolute atomic E-state index is 0.514. The number of benzene rings is 1. The van der Waals surface area contributed by atoms with Crippen LogP contribution in [0.25, 0.3) is 11.3 Å². The Morgan fingerprint density at radius 3 is 2.64 bits per heavy atom. The third-order valence-corrected chi connectivity index (χ3v) is 4.10. The first-order chi connectivity index (χ1) is 10.8. The average molecular weight is 298 g/mol. The van der Waals surface area contributed by atoms with E-state index in [-0.39, 0.29) is 0 Å². The summed E-state index contributed by atoms with van der Waals surface area (Å²) in [5.41, 5.74) is 8.52. The summed E-state index contributed by atoms with van der Waals surface area (Å²) in [4.78, 5) is 9.35. The molecule has 1 saturated carbocycles. The molecule has 0 atom stereocenters. The van der Waals surface area contributed by atoms with Gasteiger partial charge in [-0.05, 0) is 37.1 Å². The standard InChI is InChI=1S/C17H22N4O/c1-22-14-7-5-12(6-8-14)16-15(19-10-9-18)11-20-17(21-16)13-3-2-4-13/h5-8,11,13,19H,2-4,9-10,18H2,1H3. The van der Waals surface area contributed by atoms with Crippen molar-refractivity contribution in [1.82, 2.24) is 9.97 Å². The number of anilines is 1. The molecule has 0 bridgehead atoms. The SMILES string of the molecule is COc1ccc(-c2nc(C3CCC3)ncc2NCCN)cc1. The summed E-state index contributed by atoms with van der Waals surface area (Å²) in [5.74, 6) is 2.31. The Bertz CT molecular complexity index is 623. The fourth-order valence-electron chi connectivity index (χ4n) is 2.56. The molecule has 3 rings (SSSR count). The second kappa shape index (κ2) is 6.75. The number of methoxy groups -OCH3 is 1. The second-order valence-corrected chi connectivity index (χ2v) is 5.56. The van der Waals surface area contributed by atoms with E-state index >= 15 is 0 Å². The minimum atomic E-state index is 0.514. The number of rotatable bonds is 6. The molecule has 3 N–H and O–H groups in total. The van der Waals surface area contributed by atoms with E-state index in [1.165, 1.54) is 19.3 Å². The molecule has 1 heterocycles. The van der Waals surface area contributed by atoms with Gasteiger partial charge in [-0.1, -0.05) is 6.42 Å². The van der Waals surface area contributed by atoms with Gasteiger partial charge in [0.25, 0.3) is 0 Å². The van der Waals surface area contributed by atoms with Gasteiger partial charge in [-0.25, -0.2) is 9.97 Å². The van der Waals surface area contributed by atoms with Gasteiger partial charge in [-0.2, -0.15) is 0 Å². The molecule has 0 aliphatic heterocycles. The van der Waals surface area contributed by atoms with Crippen LogP contribution < -0.4 is 15.8 Å². The summed E-state index contributed by atoms with van der Waals surface area (Å²) in [6.07, 6.45) is 5.55. The van der Waals surface area contributed by atoms with Gasteiger partial charge in [0.2, 0.25) is 0 Å². The monoisotopic (exact) mass is 298 g/mol. The van der Waals surface area contributed by atoms with Crippen molar-refractivity contribution in [3.8, 4) is 17.0 Å². The Balaban J connectivity index is 1.95. The highest BCUT2D eigenvalue weighted by atomic mass is 16.5. The van der Waals surface area contributed by atoms with Crippen LogP contribution in [0.5, 0.6) is 5.75 Å². The van der Waals surface area contributed by atoms with Crippen molar-refractivity contribution in [2.75, 3.05) is 25.5 Å². The summed E-state index contributed by atoms with van der Waals surface area (Å²) in [7, 11) is 1.67. The zero-order valence-corrected chi connectivity index (χ0v) is 12.9. The van der Waals surface area contributed by atoms with Crippen LogP contribution in [0.1, 0.15) is 31.0 Å². The van der Waals surface area contributed by atoms with Crippen LogP contribution in [0.4, 0.5) is 5.69 Å². The lowest BCUT2D eigenvalue weighted by Crippen LogP contribution is -2.16. The van der Waals surface area contributed by atoms with Crippen molar-refractivity contribution >= 4 is 5.69 Å². The van der Waals surface area contributed by atoms with Gasteiger partial charge >= 0.3 is 0 Å². The number of hydrogen-bond acceptors (Lipinski definition) is 5. The average Bonchev–Trinajstić information content (AvgIpc) is 2.52. The zero-order chi connectivity index (χ0) is 15.4. The summed E-state index contributed by atoms with van der Waals surface area (Å²) >= 11 is 0. The Kier molecular flexibility index (Phi) is 4.53. The number of hydrogen-bond donors (Lipinski definition) is 2. The van der Waals surface area contributed by atoms with Crippen molar-refractivity contribution in [2.24, 2.45) is 5.73 Å². The highest BCUT2D eigenvalue weighted by Crippen LogP contribution is 2.36. The van der Waals surface area contributed by atoms with Crippen LogP contribution in [-0.4, -0.2) is 30.2 Å². The molecule has 22 heavy (non-hydrogen) atoms. The van der Waals surface area contributed by atoms with Crippen LogP contribution in [0.15, 0.2) is 30.5 Å². The first-order valence-electron chi connectivity index (χ1n) is 7.77. The van der Waals surface area contributed by atoms with E-state index in [1.807, 2.05) is 30.5 Å². The molecule has 0 spiro atoms. The predicted molar refractivity (Wildman–Crippen MR) is 88.2 cm³/mol. The zero-order valence-electron chi connectivity index (χ0n) is 12.9. The van der Waals surface area contributed by atoms with E-state index in [2.05, 4.69) is 10.3 Å². The first kappa shape index (κ1) is 14.8.